The molecule has 3 aliphatic rings. The highest BCUT2D eigenvalue weighted by Crippen LogP contribution is 2.43. The highest BCUT2D eigenvalue weighted by atomic mass is 28.4. The van der Waals surface area contributed by atoms with E-state index in [-0.39, 0.29) is 11.6 Å². The summed E-state index contributed by atoms with van der Waals surface area (Å²) in [5.41, 5.74) is 9.22. The second-order valence-corrected chi connectivity index (χ2v) is 15.6. The SMILES string of the molecule is CC1(C)O[C@H]([C@H]2OC(=O)[C@@H]3OC(C)(C)O[C@H]23)[C@@H]([C@H](CO[Si](C)(C)C(C)(C)C)N=[N+]=[N-])O1. The lowest BCUT2D eigenvalue weighted by Crippen LogP contribution is -2.50. The van der Waals surface area contributed by atoms with E-state index in [9.17, 15) is 10.3 Å². The smallest absolute Gasteiger partial charge is 0.338 e. The lowest BCUT2D eigenvalue weighted by Gasteiger charge is -2.37. The molecule has 0 aromatic rings. The Labute approximate surface area is 184 Å². The predicted octanol–water partition coefficient (Wildman–Crippen LogP) is 3.65. The Morgan fingerprint density at radius 2 is 1.65 bits per heavy atom. The standard InChI is InChI=1S/C20H35N3O7Si/c1-18(2,3)31(8,9)25-10-11(22-23-21)12-14(28-19(4,5)27-12)13-15-16(17(24)26-13)30-20(6,7)29-15/h11-16H,10H2,1-9H3/t11-,12+,13+,14-,15+,16+/m0/s1. The van der Waals surface area contributed by atoms with E-state index in [1.807, 2.05) is 0 Å². The third-order valence-corrected chi connectivity index (χ3v) is 10.9. The van der Waals surface area contributed by atoms with Gasteiger partial charge in [0.2, 0.25) is 0 Å². The van der Waals surface area contributed by atoms with Crippen LogP contribution in [0.4, 0.5) is 0 Å². The number of rotatable bonds is 6. The molecule has 0 N–H and O–H groups in total. The molecule has 0 saturated carbocycles. The van der Waals surface area contributed by atoms with Crippen LogP contribution in [0.3, 0.4) is 0 Å². The van der Waals surface area contributed by atoms with Crippen LogP contribution >= 0.6 is 0 Å². The monoisotopic (exact) mass is 457 g/mol. The molecule has 10 nitrogen and oxygen atoms in total. The largest absolute Gasteiger partial charge is 0.455 e. The second-order valence-electron chi connectivity index (χ2n) is 10.8. The fourth-order valence-corrected chi connectivity index (χ4v) is 4.89. The van der Waals surface area contributed by atoms with Gasteiger partial charge in [0.1, 0.15) is 18.3 Å². The van der Waals surface area contributed by atoms with Gasteiger partial charge in [0.15, 0.2) is 32.1 Å². The summed E-state index contributed by atoms with van der Waals surface area (Å²) < 4.78 is 35.8. The average molecular weight is 458 g/mol. The summed E-state index contributed by atoms with van der Waals surface area (Å²) in [6.07, 6.45) is -3.60. The van der Waals surface area contributed by atoms with Crippen LogP contribution < -0.4 is 0 Å². The molecule has 176 valence electrons. The van der Waals surface area contributed by atoms with Crippen LogP contribution in [0.15, 0.2) is 5.11 Å². The van der Waals surface area contributed by atoms with Gasteiger partial charge in [0.25, 0.3) is 0 Å². The molecule has 0 aliphatic carbocycles. The van der Waals surface area contributed by atoms with Crippen molar-refractivity contribution in [2.75, 3.05) is 6.61 Å². The molecule has 0 spiro atoms. The number of cyclic esters (lactones) is 1. The molecule has 0 aromatic heterocycles. The Morgan fingerprint density at radius 3 is 2.23 bits per heavy atom. The molecule has 0 unspecified atom stereocenters. The van der Waals surface area contributed by atoms with Crippen molar-refractivity contribution in [3.8, 4) is 0 Å². The molecule has 3 rings (SSSR count). The van der Waals surface area contributed by atoms with Gasteiger partial charge in [-0.05, 0) is 51.4 Å². The lowest BCUT2D eigenvalue weighted by atomic mass is 9.97. The van der Waals surface area contributed by atoms with Crippen molar-refractivity contribution in [3.05, 3.63) is 10.4 Å². The van der Waals surface area contributed by atoms with E-state index in [4.69, 9.17) is 28.1 Å². The van der Waals surface area contributed by atoms with Crippen LogP contribution in [-0.4, -0.2) is 69.0 Å². The van der Waals surface area contributed by atoms with Gasteiger partial charge >= 0.3 is 5.97 Å². The van der Waals surface area contributed by atoms with E-state index in [2.05, 4.69) is 43.9 Å². The predicted molar refractivity (Wildman–Crippen MR) is 114 cm³/mol. The molecule has 3 fully saturated rings. The molecule has 3 heterocycles. The number of nitrogens with zero attached hydrogens (tertiary/aromatic N) is 3. The van der Waals surface area contributed by atoms with Crippen molar-refractivity contribution >= 4 is 14.3 Å². The summed E-state index contributed by atoms with van der Waals surface area (Å²) in [6.45, 7) is 17.9. The van der Waals surface area contributed by atoms with Gasteiger partial charge in [-0.15, -0.1) is 0 Å². The Hall–Kier alpha value is -1.20. The molecule has 11 heteroatoms. The molecule has 31 heavy (non-hydrogen) atoms. The first-order valence-electron chi connectivity index (χ1n) is 10.7. The molecule has 3 aliphatic heterocycles. The third kappa shape index (κ3) is 4.92. The zero-order chi connectivity index (χ0) is 23.4. The van der Waals surface area contributed by atoms with Crippen molar-refractivity contribution in [2.24, 2.45) is 5.11 Å². The minimum Gasteiger partial charge on any atom is -0.455 e. The Bertz CT molecular complexity index is 760. The maximum Gasteiger partial charge on any atom is 0.338 e. The quantitative estimate of drug-likeness (QED) is 0.196. The number of carbonyl (C=O) groups excluding carboxylic acids is 1. The van der Waals surface area contributed by atoms with Gasteiger partial charge in [0, 0.05) is 11.5 Å². The number of fused-ring (bicyclic) bond motifs is 1. The van der Waals surface area contributed by atoms with E-state index in [0.29, 0.717) is 0 Å². The summed E-state index contributed by atoms with van der Waals surface area (Å²) in [5.74, 6) is -2.37. The van der Waals surface area contributed by atoms with Crippen LogP contribution in [0.25, 0.3) is 10.4 Å². The maximum atomic E-state index is 12.4. The first kappa shape index (κ1) is 24.4. The molecule has 3 saturated heterocycles. The molecule has 0 radical (unpaired) electrons. The van der Waals surface area contributed by atoms with Crippen LogP contribution in [0.5, 0.6) is 0 Å². The van der Waals surface area contributed by atoms with E-state index in [0.717, 1.165) is 0 Å². The van der Waals surface area contributed by atoms with Crippen molar-refractivity contribution in [1.29, 1.82) is 0 Å². The number of esters is 1. The molecule has 6 atom stereocenters. The fraction of sp³-hybridized carbons (Fsp3) is 0.950. The van der Waals surface area contributed by atoms with Crippen LogP contribution in [0, 0.1) is 0 Å². The Kier molecular flexibility index (Phi) is 6.29. The molecule has 0 bridgehead atoms. The van der Waals surface area contributed by atoms with Gasteiger partial charge in [-0.3, -0.25) is 0 Å². The topological polar surface area (TPSA) is 121 Å². The van der Waals surface area contributed by atoms with Crippen LogP contribution in [0.2, 0.25) is 18.1 Å². The Morgan fingerprint density at radius 1 is 1.06 bits per heavy atom. The van der Waals surface area contributed by atoms with Gasteiger partial charge in [-0.25, -0.2) is 4.79 Å². The van der Waals surface area contributed by atoms with Crippen molar-refractivity contribution in [3.63, 3.8) is 0 Å². The zero-order valence-electron chi connectivity index (χ0n) is 19.9. The van der Waals surface area contributed by atoms with Crippen LogP contribution in [-0.2, 0) is 32.9 Å². The first-order valence-corrected chi connectivity index (χ1v) is 13.6. The molecular weight excluding hydrogens is 422 g/mol. The molecule has 0 amide bonds. The van der Waals surface area contributed by atoms with Crippen molar-refractivity contribution in [2.45, 2.75) is 115 Å². The van der Waals surface area contributed by atoms with Crippen molar-refractivity contribution in [1.82, 2.24) is 0 Å². The van der Waals surface area contributed by atoms with E-state index in [1.165, 1.54) is 0 Å². The van der Waals surface area contributed by atoms with Gasteiger partial charge < -0.3 is 28.1 Å². The second kappa shape index (κ2) is 7.98. The fourth-order valence-electron chi connectivity index (χ4n) is 3.87. The highest BCUT2D eigenvalue weighted by Gasteiger charge is 2.62. The maximum absolute atomic E-state index is 12.4. The normalized spacial score (nSPS) is 35.4. The number of azide groups is 1. The lowest BCUT2D eigenvalue weighted by molar-refractivity contribution is -0.201. The molecule has 0 aromatic carbocycles. The zero-order valence-corrected chi connectivity index (χ0v) is 20.9. The van der Waals surface area contributed by atoms with Gasteiger partial charge in [0.05, 0.1) is 6.04 Å². The number of hydrogen-bond donors (Lipinski definition) is 0. The summed E-state index contributed by atoms with van der Waals surface area (Å²) in [5, 5.41) is 3.97. The van der Waals surface area contributed by atoms with Crippen LogP contribution in [0.1, 0.15) is 48.5 Å². The summed E-state index contributed by atoms with van der Waals surface area (Å²) in [4.78, 5) is 15.4. The average Bonchev–Trinajstić information content (AvgIpc) is 3.19. The minimum atomic E-state index is -2.10. The van der Waals surface area contributed by atoms with Gasteiger partial charge in [-0.2, -0.15) is 0 Å². The summed E-state index contributed by atoms with van der Waals surface area (Å²) in [7, 11) is -2.10. The summed E-state index contributed by atoms with van der Waals surface area (Å²) >= 11 is 0. The minimum absolute atomic E-state index is 0.00553. The number of carbonyl (C=O) groups is 1. The highest BCUT2D eigenvalue weighted by molar-refractivity contribution is 6.74. The third-order valence-electron chi connectivity index (χ3n) is 6.43. The molecular formula is C20H35N3O7Si. The van der Waals surface area contributed by atoms with E-state index in [1.54, 1.807) is 27.7 Å². The van der Waals surface area contributed by atoms with Gasteiger partial charge in [-0.1, -0.05) is 25.9 Å². The van der Waals surface area contributed by atoms with E-state index >= 15 is 0 Å². The summed E-state index contributed by atoms with van der Waals surface area (Å²) in [6, 6.07) is -0.668. The first-order chi connectivity index (χ1) is 14.1. The van der Waals surface area contributed by atoms with Crippen molar-refractivity contribution < 1.29 is 32.9 Å². The number of hydrogen-bond acceptors (Lipinski definition) is 8. The Balaban J connectivity index is 1.85. The van der Waals surface area contributed by atoms with E-state index < -0.39 is 62.4 Å². The number of ether oxygens (including phenoxy) is 5.